The first-order valence-corrected chi connectivity index (χ1v) is 1.91. The Bertz CT molecular complexity index is 52.0. The number of hydrogen-bond acceptors (Lipinski definition) is 4. The first-order valence-electron chi connectivity index (χ1n) is 1.91. The fourth-order valence-corrected chi connectivity index (χ4v) is 0. The zero-order valence-electron chi connectivity index (χ0n) is 5.17. The van der Waals surface area contributed by atoms with Gasteiger partial charge in [-0.25, -0.2) is 4.79 Å². The van der Waals surface area contributed by atoms with Crippen LogP contribution in [0, 0.1) is 0 Å². The van der Waals surface area contributed by atoms with Gasteiger partial charge in [0.25, 0.3) is 0 Å². The molecule has 4 heteroatoms. The molecule has 0 rings (SSSR count). The van der Waals surface area contributed by atoms with E-state index >= 15 is 0 Å². The van der Waals surface area contributed by atoms with E-state index in [4.69, 9.17) is 5.26 Å². The standard InChI is InChI=1S/C2H4O3.C2H6O/c1-2(3)5-4;1-3-2/h4H,1H3;1-2H3. The van der Waals surface area contributed by atoms with Gasteiger partial charge in [0, 0.05) is 21.1 Å². The Balaban J connectivity index is 0. The Morgan fingerprint density at radius 1 is 1.50 bits per heavy atom. The molecule has 8 heavy (non-hydrogen) atoms. The molecular weight excluding hydrogens is 112 g/mol. The molecular formula is C4H10O4. The first kappa shape index (κ1) is 10.4. The summed E-state index contributed by atoms with van der Waals surface area (Å²) in [7, 11) is 3.25. The Morgan fingerprint density at radius 2 is 1.62 bits per heavy atom. The molecule has 0 aromatic carbocycles. The Hall–Kier alpha value is -0.610. The average Bonchev–Trinajstić information content (AvgIpc) is 1.69. The number of rotatable bonds is 0. The summed E-state index contributed by atoms with van der Waals surface area (Å²) in [6.07, 6.45) is 0. The molecule has 4 nitrogen and oxygen atoms in total. The van der Waals surface area contributed by atoms with Gasteiger partial charge in [-0.15, -0.1) is 0 Å². The Morgan fingerprint density at radius 3 is 1.62 bits per heavy atom. The van der Waals surface area contributed by atoms with Crippen molar-refractivity contribution in [3.05, 3.63) is 0 Å². The predicted octanol–water partition coefficient (Wildman–Crippen LogP) is 0.285. The predicted molar refractivity (Wildman–Crippen MR) is 27.3 cm³/mol. The molecule has 0 bridgehead atoms. The summed E-state index contributed by atoms with van der Waals surface area (Å²) in [4.78, 5) is 12.5. The van der Waals surface area contributed by atoms with Crippen LogP contribution < -0.4 is 0 Å². The lowest BCUT2D eigenvalue weighted by molar-refractivity contribution is -0.231. The van der Waals surface area contributed by atoms with Crippen molar-refractivity contribution in [2.24, 2.45) is 0 Å². The monoisotopic (exact) mass is 122 g/mol. The topological polar surface area (TPSA) is 55.8 Å². The molecule has 0 aliphatic heterocycles. The molecule has 0 spiro atoms. The lowest BCUT2D eigenvalue weighted by atomic mass is 10.9. The van der Waals surface area contributed by atoms with Crippen molar-refractivity contribution in [3.8, 4) is 0 Å². The van der Waals surface area contributed by atoms with Crippen molar-refractivity contribution in [1.29, 1.82) is 0 Å². The van der Waals surface area contributed by atoms with Crippen molar-refractivity contribution in [2.75, 3.05) is 14.2 Å². The van der Waals surface area contributed by atoms with Gasteiger partial charge >= 0.3 is 5.97 Å². The minimum absolute atomic E-state index is 0.690. The molecule has 0 aromatic rings. The molecule has 0 radical (unpaired) electrons. The lowest BCUT2D eigenvalue weighted by Gasteiger charge is -1.76. The van der Waals surface area contributed by atoms with Crippen molar-refractivity contribution in [1.82, 2.24) is 0 Å². The van der Waals surface area contributed by atoms with Gasteiger partial charge < -0.3 is 9.62 Å². The van der Waals surface area contributed by atoms with Crippen LogP contribution in [0.5, 0.6) is 0 Å². The number of methoxy groups -OCH3 is 1. The van der Waals surface area contributed by atoms with Crippen molar-refractivity contribution in [2.45, 2.75) is 6.92 Å². The molecule has 0 aromatic heterocycles. The van der Waals surface area contributed by atoms with Gasteiger partial charge in [-0.3, -0.25) is 0 Å². The number of carbonyl (C=O) groups is 1. The Labute approximate surface area is 48.0 Å². The number of hydrogen-bond donors (Lipinski definition) is 1. The minimum Gasteiger partial charge on any atom is -0.388 e. The second kappa shape index (κ2) is 9.63. The maximum absolute atomic E-state index is 9.34. The zero-order chi connectivity index (χ0) is 6.99. The highest BCUT2D eigenvalue weighted by Crippen LogP contribution is 1.59. The van der Waals surface area contributed by atoms with Gasteiger partial charge in [0.2, 0.25) is 0 Å². The van der Waals surface area contributed by atoms with E-state index in [0.29, 0.717) is 0 Å². The van der Waals surface area contributed by atoms with E-state index < -0.39 is 5.97 Å². The fraction of sp³-hybridized carbons (Fsp3) is 0.750. The van der Waals surface area contributed by atoms with E-state index in [2.05, 4.69) is 9.62 Å². The summed E-state index contributed by atoms with van der Waals surface area (Å²) in [6, 6.07) is 0. The second-order valence-electron chi connectivity index (χ2n) is 0.991. The summed E-state index contributed by atoms with van der Waals surface area (Å²) in [6.45, 7) is 1.11. The van der Waals surface area contributed by atoms with Gasteiger partial charge in [-0.1, -0.05) is 0 Å². The Kier molecular flexibility index (Phi) is 12.5. The van der Waals surface area contributed by atoms with Gasteiger partial charge in [0.05, 0.1) is 0 Å². The molecule has 1 N–H and O–H groups in total. The van der Waals surface area contributed by atoms with Crippen molar-refractivity contribution < 1.29 is 19.7 Å². The van der Waals surface area contributed by atoms with Crippen LogP contribution in [0.2, 0.25) is 0 Å². The molecule has 0 aliphatic rings. The first-order chi connectivity index (χ1) is 3.68. The largest absolute Gasteiger partial charge is 0.388 e. The van der Waals surface area contributed by atoms with Crippen LogP contribution in [0.3, 0.4) is 0 Å². The molecule has 50 valence electrons. The SMILES string of the molecule is CC(=O)OO.COC. The summed E-state index contributed by atoms with van der Waals surface area (Å²) >= 11 is 0. The van der Waals surface area contributed by atoms with Crippen LogP contribution in [0.25, 0.3) is 0 Å². The molecule has 0 fully saturated rings. The van der Waals surface area contributed by atoms with E-state index in [1.165, 1.54) is 0 Å². The summed E-state index contributed by atoms with van der Waals surface area (Å²) < 4.78 is 4.25. The van der Waals surface area contributed by atoms with E-state index in [1.807, 2.05) is 0 Å². The van der Waals surface area contributed by atoms with Crippen LogP contribution in [0.4, 0.5) is 0 Å². The number of ether oxygens (including phenoxy) is 1. The van der Waals surface area contributed by atoms with E-state index in [1.54, 1.807) is 14.2 Å². The summed E-state index contributed by atoms with van der Waals surface area (Å²) in [5.74, 6) is -0.690. The molecule has 0 unspecified atom stereocenters. The summed E-state index contributed by atoms with van der Waals surface area (Å²) in [5, 5.41) is 7.29. The van der Waals surface area contributed by atoms with E-state index in [9.17, 15) is 4.79 Å². The maximum Gasteiger partial charge on any atom is 0.339 e. The van der Waals surface area contributed by atoms with Gasteiger partial charge in [0.1, 0.15) is 0 Å². The normalized spacial score (nSPS) is 6.50. The van der Waals surface area contributed by atoms with Crippen molar-refractivity contribution >= 4 is 5.97 Å². The quantitative estimate of drug-likeness (QED) is 0.370. The lowest BCUT2D eigenvalue weighted by Crippen LogP contribution is -1.89. The van der Waals surface area contributed by atoms with Crippen LogP contribution in [-0.2, 0) is 14.4 Å². The van der Waals surface area contributed by atoms with Crippen LogP contribution in [-0.4, -0.2) is 25.4 Å². The van der Waals surface area contributed by atoms with E-state index in [0.717, 1.165) is 6.92 Å². The van der Waals surface area contributed by atoms with Crippen molar-refractivity contribution in [3.63, 3.8) is 0 Å². The van der Waals surface area contributed by atoms with E-state index in [-0.39, 0.29) is 0 Å². The second-order valence-corrected chi connectivity index (χ2v) is 0.991. The van der Waals surface area contributed by atoms with Crippen LogP contribution >= 0.6 is 0 Å². The smallest absolute Gasteiger partial charge is 0.339 e. The summed E-state index contributed by atoms with van der Waals surface area (Å²) in [5.41, 5.74) is 0. The molecule has 0 atom stereocenters. The third-order valence-corrected chi connectivity index (χ3v) is 0.129. The highest BCUT2D eigenvalue weighted by molar-refractivity contribution is 5.64. The number of carbonyl (C=O) groups excluding carboxylic acids is 1. The van der Waals surface area contributed by atoms with Gasteiger partial charge in [0.15, 0.2) is 0 Å². The zero-order valence-corrected chi connectivity index (χ0v) is 5.17. The fourth-order valence-electron chi connectivity index (χ4n) is 0. The van der Waals surface area contributed by atoms with Gasteiger partial charge in [-0.05, 0) is 0 Å². The molecule has 0 aliphatic carbocycles. The average molecular weight is 122 g/mol. The minimum atomic E-state index is -0.690. The molecule has 0 amide bonds. The van der Waals surface area contributed by atoms with Crippen LogP contribution in [0.1, 0.15) is 6.92 Å². The maximum atomic E-state index is 9.34. The molecule has 0 heterocycles. The molecule has 0 saturated heterocycles. The highest BCUT2D eigenvalue weighted by Gasteiger charge is 1.79. The van der Waals surface area contributed by atoms with Gasteiger partial charge in [-0.2, -0.15) is 5.26 Å². The molecule has 0 saturated carbocycles. The van der Waals surface area contributed by atoms with Crippen LogP contribution in [0.15, 0.2) is 0 Å². The third-order valence-electron chi connectivity index (χ3n) is 0.129. The third kappa shape index (κ3) is 53.8. The highest BCUT2D eigenvalue weighted by atomic mass is 17.1.